The van der Waals surface area contributed by atoms with Crippen molar-refractivity contribution in [1.82, 2.24) is 24.7 Å². The first-order valence-corrected chi connectivity index (χ1v) is 8.84. The lowest BCUT2D eigenvalue weighted by Crippen LogP contribution is -2.48. The predicted octanol–water partition coefficient (Wildman–Crippen LogP) is 1.15. The predicted molar refractivity (Wildman–Crippen MR) is 88.9 cm³/mol. The average Bonchev–Trinajstić information content (AvgIpc) is 2.99. The van der Waals surface area contributed by atoms with Gasteiger partial charge in [0.15, 0.2) is 11.5 Å². The number of nitrogens with zero attached hydrogens (tertiary/aromatic N) is 5. The van der Waals surface area contributed by atoms with Crippen LogP contribution in [-0.2, 0) is 4.74 Å². The number of β-amino-alcohol motifs (C(OH)–C–C–N with tert-alkyl or cyclic N) is 1. The van der Waals surface area contributed by atoms with Crippen LogP contribution in [0, 0.1) is 6.92 Å². The van der Waals surface area contributed by atoms with E-state index in [0.717, 1.165) is 62.5 Å². The molecule has 24 heavy (non-hydrogen) atoms. The van der Waals surface area contributed by atoms with Gasteiger partial charge < -0.3 is 14.7 Å². The third-order valence-corrected chi connectivity index (χ3v) is 5.31. The van der Waals surface area contributed by atoms with Crippen LogP contribution in [0.2, 0.25) is 0 Å². The number of aromatic nitrogens is 4. The Kier molecular flexibility index (Phi) is 4.24. The Labute approximate surface area is 141 Å². The number of hydrogen-bond donors (Lipinski definition) is 1. The quantitative estimate of drug-likeness (QED) is 0.909. The van der Waals surface area contributed by atoms with Crippen molar-refractivity contribution < 1.29 is 9.84 Å². The molecule has 0 aromatic carbocycles. The largest absolute Gasteiger partial charge is 0.388 e. The van der Waals surface area contributed by atoms with E-state index >= 15 is 0 Å². The van der Waals surface area contributed by atoms with Crippen molar-refractivity contribution in [2.75, 3.05) is 32.8 Å². The molecule has 0 aliphatic carbocycles. The zero-order valence-corrected chi connectivity index (χ0v) is 14.2. The lowest BCUT2D eigenvalue weighted by atomic mass is 9.91. The van der Waals surface area contributed by atoms with Crippen LogP contribution in [0.15, 0.2) is 12.1 Å². The van der Waals surface area contributed by atoms with Crippen LogP contribution in [0.25, 0.3) is 5.65 Å². The summed E-state index contributed by atoms with van der Waals surface area (Å²) in [7, 11) is 0. The molecule has 2 aromatic rings. The standard InChI is InChI=1S/C17H25N5O2/c1-13-2-3-15-18-19-16(22(15)20-13)14-4-8-21(9-5-14)12-17(23)6-10-24-11-7-17/h2-3,14,23H,4-12H2,1H3. The molecule has 0 amide bonds. The molecule has 0 atom stereocenters. The van der Waals surface area contributed by atoms with E-state index in [4.69, 9.17) is 4.74 Å². The van der Waals surface area contributed by atoms with Gasteiger partial charge in [-0.1, -0.05) is 0 Å². The zero-order chi connectivity index (χ0) is 16.6. The Hall–Kier alpha value is -1.57. The Morgan fingerprint density at radius 2 is 1.96 bits per heavy atom. The minimum absolute atomic E-state index is 0.384. The molecule has 1 N–H and O–H groups in total. The Morgan fingerprint density at radius 1 is 1.21 bits per heavy atom. The number of ether oxygens (including phenoxy) is 1. The highest BCUT2D eigenvalue weighted by Gasteiger charge is 2.34. The van der Waals surface area contributed by atoms with Gasteiger partial charge in [0.1, 0.15) is 0 Å². The van der Waals surface area contributed by atoms with Gasteiger partial charge in [0.2, 0.25) is 0 Å². The summed E-state index contributed by atoms with van der Waals surface area (Å²) in [6, 6.07) is 3.93. The molecule has 2 aliphatic rings. The summed E-state index contributed by atoms with van der Waals surface area (Å²) in [5.41, 5.74) is 1.21. The van der Waals surface area contributed by atoms with Crippen molar-refractivity contribution >= 4 is 5.65 Å². The fourth-order valence-corrected chi connectivity index (χ4v) is 3.83. The third kappa shape index (κ3) is 3.16. The monoisotopic (exact) mass is 331 g/mol. The van der Waals surface area contributed by atoms with Gasteiger partial charge in [-0.25, -0.2) is 0 Å². The van der Waals surface area contributed by atoms with E-state index in [1.807, 2.05) is 23.6 Å². The van der Waals surface area contributed by atoms with Crippen molar-refractivity contribution in [3.63, 3.8) is 0 Å². The molecular formula is C17H25N5O2. The number of likely N-dealkylation sites (tertiary alicyclic amines) is 1. The normalized spacial score (nSPS) is 22.9. The molecule has 2 saturated heterocycles. The highest BCUT2D eigenvalue weighted by atomic mass is 16.5. The minimum Gasteiger partial charge on any atom is -0.388 e. The molecule has 7 heteroatoms. The fourth-order valence-electron chi connectivity index (χ4n) is 3.83. The number of rotatable bonds is 3. The van der Waals surface area contributed by atoms with Gasteiger partial charge in [0.05, 0.1) is 11.3 Å². The summed E-state index contributed by atoms with van der Waals surface area (Å²) >= 11 is 0. The van der Waals surface area contributed by atoms with Crippen molar-refractivity contribution in [1.29, 1.82) is 0 Å². The van der Waals surface area contributed by atoms with E-state index in [0.29, 0.717) is 19.1 Å². The Morgan fingerprint density at radius 3 is 2.71 bits per heavy atom. The van der Waals surface area contributed by atoms with Gasteiger partial charge in [0, 0.05) is 38.5 Å². The smallest absolute Gasteiger partial charge is 0.177 e. The van der Waals surface area contributed by atoms with Crippen molar-refractivity contribution in [2.45, 2.75) is 44.1 Å². The lowest BCUT2D eigenvalue weighted by Gasteiger charge is -2.39. The van der Waals surface area contributed by atoms with Gasteiger partial charge in [-0.05, 0) is 45.0 Å². The second-order valence-corrected chi connectivity index (χ2v) is 7.19. The molecule has 0 saturated carbocycles. The molecule has 4 heterocycles. The molecule has 0 bridgehead atoms. The number of fused-ring (bicyclic) bond motifs is 1. The maximum atomic E-state index is 10.7. The fraction of sp³-hybridized carbons (Fsp3) is 0.706. The molecule has 0 spiro atoms. The molecular weight excluding hydrogens is 306 g/mol. The first kappa shape index (κ1) is 15.9. The van der Waals surface area contributed by atoms with E-state index in [1.54, 1.807) is 0 Å². The summed E-state index contributed by atoms with van der Waals surface area (Å²) < 4.78 is 7.26. The summed E-state index contributed by atoms with van der Waals surface area (Å²) in [4.78, 5) is 2.38. The maximum absolute atomic E-state index is 10.7. The summed E-state index contributed by atoms with van der Waals surface area (Å²) in [5.74, 6) is 1.35. The molecule has 2 aliphatic heterocycles. The first-order chi connectivity index (χ1) is 11.6. The highest BCUT2D eigenvalue weighted by molar-refractivity contribution is 5.36. The molecule has 4 rings (SSSR count). The van der Waals surface area contributed by atoms with Gasteiger partial charge >= 0.3 is 0 Å². The molecule has 0 radical (unpaired) electrons. The third-order valence-electron chi connectivity index (χ3n) is 5.31. The van der Waals surface area contributed by atoms with E-state index in [1.165, 1.54) is 0 Å². The van der Waals surface area contributed by atoms with Gasteiger partial charge in [-0.2, -0.15) is 9.61 Å². The Balaban J connectivity index is 1.41. The second-order valence-electron chi connectivity index (χ2n) is 7.19. The first-order valence-electron chi connectivity index (χ1n) is 8.84. The van der Waals surface area contributed by atoms with Crippen LogP contribution in [0.1, 0.15) is 43.1 Å². The topological polar surface area (TPSA) is 75.8 Å². The van der Waals surface area contributed by atoms with Crippen LogP contribution in [0.5, 0.6) is 0 Å². The van der Waals surface area contributed by atoms with E-state index in [-0.39, 0.29) is 0 Å². The number of aryl methyl sites for hydroxylation is 1. The van der Waals surface area contributed by atoms with Crippen LogP contribution in [0.3, 0.4) is 0 Å². The number of hydrogen-bond acceptors (Lipinski definition) is 6. The molecule has 7 nitrogen and oxygen atoms in total. The van der Waals surface area contributed by atoms with Crippen molar-refractivity contribution in [3.05, 3.63) is 23.7 Å². The van der Waals surface area contributed by atoms with Crippen molar-refractivity contribution in [2.24, 2.45) is 0 Å². The van der Waals surface area contributed by atoms with E-state index in [9.17, 15) is 5.11 Å². The summed E-state index contributed by atoms with van der Waals surface area (Å²) in [5, 5.41) is 23.9. The van der Waals surface area contributed by atoms with Crippen molar-refractivity contribution in [3.8, 4) is 0 Å². The maximum Gasteiger partial charge on any atom is 0.177 e. The second kappa shape index (κ2) is 6.38. The van der Waals surface area contributed by atoms with Gasteiger partial charge in [-0.15, -0.1) is 10.2 Å². The van der Waals surface area contributed by atoms with Gasteiger partial charge in [-0.3, -0.25) is 0 Å². The highest BCUT2D eigenvalue weighted by Crippen LogP contribution is 2.29. The average molecular weight is 331 g/mol. The van der Waals surface area contributed by atoms with Crippen LogP contribution in [-0.4, -0.2) is 68.3 Å². The molecule has 2 fully saturated rings. The number of piperidine rings is 1. The molecule has 0 unspecified atom stereocenters. The SMILES string of the molecule is Cc1ccc2nnc(C3CCN(CC4(O)CCOCC4)CC3)n2n1. The molecule has 130 valence electrons. The van der Waals surface area contributed by atoms with Gasteiger partial charge in [0.25, 0.3) is 0 Å². The number of aliphatic hydroxyl groups is 1. The summed E-state index contributed by atoms with van der Waals surface area (Å²) in [6.07, 6.45) is 3.54. The van der Waals surface area contributed by atoms with Crippen LogP contribution < -0.4 is 0 Å². The van der Waals surface area contributed by atoms with Crippen LogP contribution >= 0.6 is 0 Å². The lowest BCUT2D eigenvalue weighted by molar-refractivity contribution is -0.0821. The van der Waals surface area contributed by atoms with E-state index in [2.05, 4.69) is 20.2 Å². The van der Waals surface area contributed by atoms with Crippen LogP contribution in [0.4, 0.5) is 0 Å². The summed E-state index contributed by atoms with van der Waals surface area (Å²) in [6.45, 7) is 6.04. The minimum atomic E-state index is -0.578. The van der Waals surface area contributed by atoms with E-state index < -0.39 is 5.60 Å². The molecule has 2 aromatic heterocycles. The zero-order valence-electron chi connectivity index (χ0n) is 14.2. The Bertz CT molecular complexity index is 702.